The lowest BCUT2D eigenvalue weighted by Gasteiger charge is -2.39. The topological polar surface area (TPSA) is 101 Å². The van der Waals surface area contributed by atoms with E-state index in [1.54, 1.807) is 43.6 Å². The van der Waals surface area contributed by atoms with Crippen LogP contribution in [0.3, 0.4) is 0 Å². The second-order valence-electron chi connectivity index (χ2n) is 7.89. The number of piperazine rings is 1. The first-order chi connectivity index (χ1) is 14.9. The van der Waals surface area contributed by atoms with Crippen molar-refractivity contribution in [3.8, 4) is 0 Å². The van der Waals surface area contributed by atoms with E-state index in [-0.39, 0.29) is 17.9 Å². The third-order valence-electron chi connectivity index (χ3n) is 5.65. The molecule has 0 unspecified atom stereocenters. The highest BCUT2D eigenvalue weighted by molar-refractivity contribution is 6.01. The normalized spacial score (nSPS) is 16.9. The molecule has 1 fully saturated rings. The van der Waals surface area contributed by atoms with Gasteiger partial charge in [0.05, 0.1) is 12.4 Å². The number of aryl methyl sites for hydroxylation is 2. The number of carbonyl (C=O) groups excluding carboxylic acids is 2. The fourth-order valence-electron chi connectivity index (χ4n) is 3.99. The first-order valence-electron chi connectivity index (χ1n) is 10.1. The van der Waals surface area contributed by atoms with E-state index in [0.717, 1.165) is 11.4 Å². The van der Waals surface area contributed by atoms with Crippen molar-refractivity contribution in [2.24, 2.45) is 0 Å². The first kappa shape index (κ1) is 19.2. The minimum Gasteiger partial charge on any atom is -0.335 e. The van der Waals surface area contributed by atoms with Crippen LogP contribution in [-0.2, 0) is 0 Å². The Labute approximate surface area is 178 Å². The molecular weight excluding hydrogens is 396 g/mol. The molecule has 5 heterocycles. The highest BCUT2D eigenvalue weighted by Gasteiger charge is 2.33. The molecule has 0 aromatic carbocycles. The Kier molecular flexibility index (Phi) is 4.42. The number of hydrogen-bond donors (Lipinski definition) is 0. The predicted molar refractivity (Wildman–Crippen MR) is 112 cm³/mol. The summed E-state index contributed by atoms with van der Waals surface area (Å²) >= 11 is 0. The molecule has 1 aliphatic rings. The van der Waals surface area contributed by atoms with Gasteiger partial charge in [-0.05, 0) is 32.9 Å². The Bertz CT molecular complexity index is 1320. The maximum Gasteiger partial charge on any atom is 0.259 e. The number of nitrogens with zero attached hydrogens (tertiary/aromatic N) is 8. The van der Waals surface area contributed by atoms with Crippen LogP contribution in [0.2, 0.25) is 0 Å². The summed E-state index contributed by atoms with van der Waals surface area (Å²) in [4.78, 5) is 38.8. The third-order valence-corrected chi connectivity index (χ3v) is 5.65. The lowest BCUT2D eigenvalue weighted by Crippen LogP contribution is -2.55. The molecule has 0 spiro atoms. The summed E-state index contributed by atoms with van der Waals surface area (Å²) < 4.78 is 3.20. The summed E-state index contributed by atoms with van der Waals surface area (Å²) in [6.45, 7) is 7.00. The Morgan fingerprint density at radius 1 is 0.871 bits per heavy atom. The second kappa shape index (κ2) is 7.15. The van der Waals surface area contributed by atoms with Crippen molar-refractivity contribution in [2.75, 3.05) is 19.6 Å². The zero-order chi connectivity index (χ0) is 21.7. The van der Waals surface area contributed by atoms with E-state index in [2.05, 4.69) is 20.2 Å². The number of fused-ring (bicyclic) bond motifs is 2. The molecule has 4 aromatic heterocycles. The molecule has 4 aromatic rings. The van der Waals surface area contributed by atoms with Crippen LogP contribution in [0.1, 0.15) is 39.0 Å². The Hall–Kier alpha value is -3.82. The summed E-state index contributed by atoms with van der Waals surface area (Å²) in [6, 6.07) is 3.54. The first-order valence-corrected chi connectivity index (χ1v) is 10.1. The standard InChI is InChI=1S/C21H22N8O2/c1-13-4-6-28-18(24-13)16(10-22-28)20(30)26-8-9-27(15(3)12-26)21(31)17-11-23-29-7-5-14(2)25-19(17)29/h4-7,10-11,15H,8-9,12H2,1-3H3/t15-/m0/s1. The van der Waals surface area contributed by atoms with Gasteiger partial charge in [0.1, 0.15) is 11.1 Å². The number of aromatic nitrogens is 6. The number of hydrogen-bond acceptors (Lipinski definition) is 6. The minimum absolute atomic E-state index is 0.124. The highest BCUT2D eigenvalue weighted by Crippen LogP contribution is 2.19. The van der Waals surface area contributed by atoms with E-state index in [1.165, 1.54) is 0 Å². The van der Waals surface area contributed by atoms with Crippen molar-refractivity contribution in [2.45, 2.75) is 26.8 Å². The molecule has 158 valence electrons. The van der Waals surface area contributed by atoms with E-state index >= 15 is 0 Å². The zero-order valence-corrected chi connectivity index (χ0v) is 17.6. The van der Waals surface area contributed by atoms with Crippen molar-refractivity contribution in [3.63, 3.8) is 0 Å². The van der Waals surface area contributed by atoms with E-state index < -0.39 is 0 Å². The van der Waals surface area contributed by atoms with Crippen LogP contribution in [0.4, 0.5) is 0 Å². The summed E-state index contributed by atoms with van der Waals surface area (Å²) in [5.41, 5.74) is 3.67. The van der Waals surface area contributed by atoms with E-state index in [4.69, 9.17) is 0 Å². The van der Waals surface area contributed by atoms with Crippen molar-refractivity contribution in [1.82, 2.24) is 39.0 Å². The minimum atomic E-state index is -0.151. The van der Waals surface area contributed by atoms with Crippen LogP contribution in [0.25, 0.3) is 11.3 Å². The molecule has 0 radical (unpaired) electrons. The van der Waals surface area contributed by atoms with E-state index in [9.17, 15) is 9.59 Å². The van der Waals surface area contributed by atoms with Gasteiger partial charge in [-0.25, -0.2) is 19.0 Å². The van der Waals surface area contributed by atoms with Gasteiger partial charge in [-0.3, -0.25) is 9.59 Å². The van der Waals surface area contributed by atoms with Gasteiger partial charge in [-0.15, -0.1) is 0 Å². The van der Waals surface area contributed by atoms with Gasteiger partial charge in [-0.1, -0.05) is 0 Å². The van der Waals surface area contributed by atoms with Gasteiger partial charge >= 0.3 is 0 Å². The molecule has 31 heavy (non-hydrogen) atoms. The van der Waals surface area contributed by atoms with Crippen LogP contribution in [0.15, 0.2) is 36.9 Å². The van der Waals surface area contributed by atoms with Gasteiger partial charge in [0.15, 0.2) is 11.3 Å². The van der Waals surface area contributed by atoms with Crippen LogP contribution >= 0.6 is 0 Å². The second-order valence-corrected chi connectivity index (χ2v) is 7.89. The molecule has 10 nitrogen and oxygen atoms in total. The molecule has 2 amide bonds. The largest absolute Gasteiger partial charge is 0.335 e. The number of carbonyl (C=O) groups is 2. The molecule has 0 bridgehead atoms. The monoisotopic (exact) mass is 418 g/mol. The summed E-state index contributed by atoms with van der Waals surface area (Å²) in [5, 5.41) is 8.47. The van der Waals surface area contributed by atoms with Crippen molar-refractivity contribution in [3.05, 3.63) is 59.4 Å². The molecular formula is C21H22N8O2. The third kappa shape index (κ3) is 3.20. The van der Waals surface area contributed by atoms with E-state index in [1.807, 2.05) is 32.9 Å². The van der Waals surface area contributed by atoms with Crippen LogP contribution in [0, 0.1) is 13.8 Å². The maximum atomic E-state index is 13.2. The Morgan fingerprint density at radius 2 is 1.42 bits per heavy atom. The molecule has 0 N–H and O–H groups in total. The molecule has 0 saturated carbocycles. The van der Waals surface area contributed by atoms with Gasteiger partial charge in [0.2, 0.25) is 0 Å². The molecule has 1 saturated heterocycles. The Morgan fingerprint density at radius 3 is 1.97 bits per heavy atom. The SMILES string of the molecule is Cc1ccn2ncc(C(=O)N3CCN(C(=O)c4cnn5ccc(C)nc45)[C@@H](C)C3)c2n1. The van der Waals surface area contributed by atoms with Gasteiger partial charge in [0, 0.05) is 49.5 Å². The quantitative estimate of drug-likeness (QED) is 0.487. The Balaban J connectivity index is 1.36. The summed E-state index contributed by atoms with van der Waals surface area (Å²) in [5.74, 6) is -0.249. The summed E-state index contributed by atoms with van der Waals surface area (Å²) in [7, 11) is 0. The zero-order valence-electron chi connectivity index (χ0n) is 17.6. The molecule has 5 rings (SSSR count). The lowest BCUT2D eigenvalue weighted by atomic mass is 10.1. The summed E-state index contributed by atoms with van der Waals surface area (Å²) in [6.07, 6.45) is 6.70. The fraction of sp³-hybridized carbons (Fsp3) is 0.333. The van der Waals surface area contributed by atoms with Crippen molar-refractivity contribution >= 4 is 23.1 Å². The van der Waals surface area contributed by atoms with Gasteiger partial charge in [0.25, 0.3) is 11.8 Å². The van der Waals surface area contributed by atoms with Crippen LogP contribution < -0.4 is 0 Å². The lowest BCUT2D eigenvalue weighted by molar-refractivity contribution is 0.0416. The van der Waals surface area contributed by atoms with E-state index in [0.29, 0.717) is 42.1 Å². The van der Waals surface area contributed by atoms with Gasteiger partial charge in [-0.2, -0.15) is 10.2 Å². The molecule has 10 heteroatoms. The van der Waals surface area contributed by atoms with Crippen molar-refractivity contribution < 1.29 is 9.59 Å². The molecule has 1 atom stereocenters. The van der Waals surface area contributed by atoms with Gasteiger partial charge < -0.3 is 9.80 Å². The average Bonchev–Trinajstić information content (AvgIpc) is 3.36. The van der Waals surface area contributed by atoms with Crippen LogP contribution in [0.5, 0.6) is 0 Å². The van der Waals surface area contributed by atoms with Crippen molar-refractivity contribution in [1.29, 1.82) is 0 Å². The highest BCUT2D eigenvalue weighted by atomic mass is 16.2. The maximum absolute atomic E-state index is 13.2. The van der Waals surface area contributed by atoms with Crippen LogP contribution in [-0.4, -0.2) is 76.5 Å². The smallest absolute Gasteiger partial charge is 0.259 e. The molecule has 1 aliphatic heterocycles. The number of rotatable bonds is 2. The number of amides is 2. The molecule has 0 aliphatic carbocycles. The fourth-order valence-corrected chi connectivity index (χ4v) is 3.99. The average molecular weight is 418 g/mol. The predicted octanol–water partition coefficient (Wildman–Crippen LogP) is 1.38.